The Morgan fingerprint density at radius 2 is 1.91 bits per heavy atom. The van der Waals surface area contributed by atoms with Gasteiger partial charge in [0.25, 0.3) is 0 Å². The number of amides is 2. The maximum atomic E-state index is 11.5. The fourth-order valence-corrected chi connectivity index (χ4v) is 1.78. The van der Waals surface area contributed by atoms with Gasteiger partial charge in [-0.05, 0) is 6.92 Å². The van der Waals surface area contributed by atoms with E-state index >= 15 is 0 Å². The van der Waals surface area contributed by atoms with Crippen LogP contribution in [0, 0.1) is 0 Å². The van der Waals surface area contributed by atoms with Gasteiger partial charge in [-0.1, -0.05) is 42.4 Å². The average Bonchev–Trinajstić information content (AvgIpc) is 3.01. The van der Waals surface area contributed by atoms with Crippen LogP contribution >= 0.6 is 0 Å². The zero-order valence-electron chi connectivity index (χ0n) is 12.6. The quantitative estimate of drug-likeness (QED) is 0.751. The normalized spacial score (nSPS) is 13.4. The van der Waals surface area contributed by atoms with Crippen molar-refractivity contribution in [3.8, 4) is 11.4 Å². The number of hydrogen-bond acceptors (Lipinski definition) is 5. The van der Waals surface area contributed by atoms with Gasteiger partial charge in [-0.25, -0.2) is 4.79 Å². The van der Waals surface area contributed by atoms with E-state index in [1.807, 2.05) is 37.3 Å². The van der Waals surface area contributed by atoms with Crippen molar-refractivity contribution in [1.29, 1.82) is 0 Å². The zero-order chi connectivity index (χ0) is 15.9. The molecule has 1 heterocycles. The van der Waals surface area contributed by atoms with Crippen molar-refractivity contribution in [2.24, 2.45) is 0 Å². The summed E-state index contributed by atoms with van der Waals surface area (Å²) in [5.41, 5.74) is 0.882. The molecule has 2 aromatic rings. The molecular formula is C15H20N4O3. The second kappa shape index (κ2) is 7.56. The first-order chi connectivity index (χ1) is 10.6. The van der Waals surface area contributed by atoms with Crippen LogP contribution in [0.2, 0.25) is 0 Å². The van der Waals surface area contributed by atoms with E-state index in [-0.39, 0.29) is 18.5 Å². The summed E-state index contributed by atoms with van der Waals surface area (Å²) in [5.74, 6) is 0.887. The predicted octanol–water partition coefficient (Wildman–Crippen LogP) is 1.52. The fraction of sp³-hybridized carbons (Fsp3) is 0.400. The summed E-state index contributed by atoms with van der Waals surface area (Å²) in [6.07, 6.45) is -0.576. The molecule has 0 saturated heterocycles. The largest absolute Gasteiger partial charge is 0.392 e. The lowest BCUT2D eigenvalue weighted by Crippen LogP contribution is -2.40. The van der Waals surface area contributed by atoms with Crippen molar-refractivity contribution < 1.29 is 14.4 Å². The van der Waals surface area contributed by atoms with Gasteiger partial charge >= 0.3 is 6.03 Å². The van der Waals surface area contributed by atoms with Crippen LogP contribution in [0.25, 0.3) is 11.4 Å². The molecule has 0 radical (unpaired) electrons. The van der Waals surface area contributed by atoms with E-state index in [0.717, 1.165) is 5.56 Å². The Kier molecular flexibility index (Phi) is 5.48. The van der Waals surface area contributed by atoms with Gasteiger partial charge in [0.15, 0.2) is 0 Å². The van der Waals surface area contributed by atoms with Crippen molar-refractivity contribution in [2.75, 3.05) is 13.1 Å². The van der Waals surface area contributed by atoms with E-state index in [0.29, 0.717) is 18.3 Å². The highest BCUT2D eigenvalue weighted by atomic mass is 16.5. The maximum Gasteiger partial charge on any atom is 0.314 e. The highest BCUT2D eigenvalue weighted by molar-refractivity contribution is 5.73. The molecule has 118 valence electrons. The Hall–Kier alpha value is -2.41. The molecule has 0 spiro atoms. The van der Waals surface area contributed by atoms with Crippen LogP contribution in [0.1, 0.15) is 25.7 Å². The minimum Gasteiger partial charge on any atom is -0.392 e. The number of benzene rings is 1. The van der Waals surface area contributed by atoms with Gasteiger partial charge in [-0.2, -0.15) is 4.98 Å². The molecule has 1 aromatic heterocycles. The first-order valence-electron chi connectivity index (χ1n) is 7.15. The van der Waals surface area contributed by atoms with Crippen LogP contribution in [0.15, 0.2) is 34.9 Å². The number of nitrogens with one attached hydrogen (secondary N) is 2. The number of aromatic nitrogens is 2. The Balaban J connectivity index is 1.87. The molecule has 0 saturated carbocycles. The molecule has 7 heteroatoms. The number of urea groups is 1. The van der Waals surface area contributed by atoms with Crippen molar-refractivity contribution in [3.05, 3.63) is 36.2 Å². The zero-order valence-corrected chi connectivity index (χ0v) is 12.6. The highest BCUT2D eigenvalue weighted by Crippen LogP contribution is 2.18. The molecule has 1 aromatic carbocycles. The van der Waals surface area contributed by atoms with Gasteiger partial charge in [0.05, 0.1) is 12.0 Å². The standard InChI is InChI=1S/C15H20N4O3/c1-10(8-16-15(21)17-9-11(2)20)14-18-13(19-22-14)12-6-4-3-5-7-12/h3-7,10-11,20H,8-9H2,1-2H3,(H2,16,17,21)/t10-,11+/m0/s1. The topological polar surface area (TPSA) is 100 Å². The third-order valence-electron chi connectivity index (χ3n) is 3.02. The summed E-state index contributed by atoms with van der Waals surface area (Å²) >= 11 is 0. The smallest absolute Gasteiger partial charge is 0.314 e. The molecular weight excluding hydrogens is 284 g/mol. The third-order valence-corrected chi connectivity index (χ3v) is 3.02. The molecule has 0 fully saturated rings. The lowest BCUT2D eigenvalue weighted by molar-refractivity contribution is 0.187. The average molecular weight is 304 g/mol. The Bertz CT molecular complexity index is 598. The van der Waals surface area contributed by atoms with E-state index in [1.165, 1.54) is 0 Å². The van der Waals surface area contributed by atoms with Gasteiger partial charge in [-0.15, -0.1) is 0 Å². The van der Waals surface area contributed by atoms with E-state index in [1.54, 1.807) is 6.92 Å². The summed E-state index contributed by atoms with van der Waals surface area (Å²) in [7, 11) is 0. The Labute approximate surface area is 128 Å². The predicted molar refractivity (Wildman–Crippen MR) is 81.2 cm³/mol. The van der Waals surface area contributed by atoms with Crippen LogP contribution in [0.4, 0.5) is 4.79 Å². The molecule has 7 nitrogen and oxygen atoms in total. The van der Waals surface area contributed by atoms with Crippen molar-refractivity contribution in [3.63, 3.8) is 0 Å². The second-order valence-corrected chi connectivity index (χ2v) is 5.16. The van der Waals surface area contributed by atoms with Crippen molar-refractivity contribution >= 4 is 6.03 Å². The Morgan fingerprint density at radius 1 is 1.23 bits per heavy atom. The molecule has 2 atom stereocenters. The van der Waals surface area contributed by atoms with E-state index in [2.05, 4.69) is 20.8 Å². The van der Waals surface area contributed by atoms with Crippen molar-refractivity contribution in [1.82, 2.24) is 20.8 Å². The molecule has 3 N–H and O–H groups in total. The first-order valence-corrected chi connectivity index (χ1v) is 7.15. The van der Waals surface area contributed by atoms with Crippen LogP contribution in [0.3, 0.4) is 0 Å². The maximum absolute atomic E-state index is 11.5. The van der Waals surface area contributed by atoms with Crippen LogP contribution in [-0.2, 0) is 0 Å². The van der Waals surface area contributed by atoms with Gasteiger partial charge < -0.3 is 20.3 Å². The number of aliphatic hydroxyl groups excluding tert-OH is 1. The number of hydrogen-bond donors (Lipinski definition) is 3. The highest BCUT2D eigenvalue weighted by Gasteiger charge is 2.16. The lowest BCUT2D eigenvalue weighted by atomic mass is 10.2. The number of rotatable bonds is 6. The molecule has 0 bridgehead atoms. The minimum absolute atomic E-state index is 0.109. The Morgan fingerprint density at radius 3 is 2.59 bits per heavy atom. The number of carbonyl (C=O) groups excluding carboxylic acids is 1. The number of carbonyl (C=O) groups is 1. The minimum atomic E-state index is -0.576. The first kappa shape index (κ1) is 16.0. The van der Waals surface area contributed by atoms with E-state index < -0.39 is 6.10 Å². The third kappa shape index (κ3) is 4.56. The number of nitrogens with zero attached hydrogens (tertiary/aromatic N) is 2. The molecule has 0 unspecified atom stereocenters. The summed E-state index contributed by atoms with van der Waals surface area (Å²) in [6, 6.07) is 9.20. The van der Waals surface area contributed by atoms with Crippen LogP contribution in [0.5, 0.6) is 0 Å². The summed E-state index contributed by atoms with van der Waals surface area (Å²) < 4.78 is 5.24. The molecule has 0 aliphatic heterocycles. The molecule has 2 amide bonds. The molecule has 0 aliphatic carbocycles. The summed E-state index contributed by atoms with van der Waals surface area (Å²) in [6.45, 7) is 4.06. The number of aliphatic hydroxyl groups is 1. The fourth-order valence-electron chi connectivity index (χ4n) is 1.78. The van der Waals surface area contributed by atoms with Crippen LogP contribution in [-0.4, -0.2) is 40.5 Å². The van der Waals surface area contributed by atoms with E-state index in [9.17, 15) is 4.79 Å². The lowest BCUT2D eigenvalue weighted by Gasteiger charge is -2.11. The SMILES string of the molecule is C[C@@H](O)CNC(=O)NC[C@H](C)c1nc(-c2ccccc2)no1. The molecule has 22 heavy (non-hydrogen) atoms. The second-order valence-electron chi connectivity index (χ2n) is 5.16. The van der Waals surface area contributed by atoms with E-state index in [4.69, 9.17) is 9.63 Å². The van der Waals surface area contributed by atoms with Crippen molar-refractivity contribution in [2.45, 2.75) is 25.9 Å². The van der Waals surface area contributed by atoms with Gasteiger partial charge in [-0.3, -0.25) is 0 Å². The summed E-state index contributed by atoms with van der Waals surface area (Å²) in [4.78, 5) is 15.9. The van der Waals surface area contributed by atoms with Gasteiger partial charge in [0.1, 0.15) is 0 Å². The van der Waals surface area contributed by atoms with Crippen LogP contribution < -0.4 is 10.6 Å². The molecule has 0 aliphatic rings. The summed E-state index contributed by atoms with van der Waals surface area (Å²) in [5, 5.41) is 18.3. The molecule has 2 rings (SSSR count). The van der Waals surface area contributed by atoms with Gasteiger partial charge in [0.2, 0.25) is 11.7 Å². The monoisotopic (exact) mass is 304 g/mol. The van der Waals surface area contributed by atoms with Gasteiger partial charge in [0, 0.05) is 18.7 Å².